The van der Waals surface area contributed by atoms with Gasteiger partial charge in [-0.2, -0.15) is 0 Å². The molecule has 0 saturated carbocycles. The molecule has 0 aromatic carbocycles. The summed E-state index contributed by atoms with van der Waals surface area (Å²) in [7, 11) is 3.37. The fourth-order valence-electron chi connectivity index (χ4n) is 1.49. The Morgan fingerprint density at radius 3 is 3.06 bits per heavy atom. The lowest BCUT2D eigenvalue weighted by molar-refractivity contribution is -0.137. The van der Waals surface area contributed by atoms with Crippen molar-refractivity contribution in [3.05, 3.63) is 35.5 Å². The van der Waals surface area contributed by atoms with E-state index in [2.05, 4.69) is 10.4 Å². The van der Waals surface area contributed by atoms with Crippen molar-refractivity contribution in [3.63, 3.8) is 0 Å². The Kier molecular flexibility index (Phi) is 3.90. The van der Waals surface area contributed by atoms with E-state index >= 15 is 0 Å². The third kappa shape index (κ3) is 2.80. The standard InChI is InChI=1S/C11H11NO2S2/c13-11(14)5-4-10-8(7-15-16-10)9-3-1-2-6-12-9/h1-3,6-7,10H,4-5H2,(H,13,14). The van der Waals surface area contributed by atoms with Crippen LogP contribution in [0.15, 0.2) is 29.8 Å². The molecule has 0 aliphatic carbocycles. The lowest BCUT2D eigenvalue weighted by atomic mass is 10.1. The summed E-state index contributed by atoms with van der Waals surface area (Å²) < 4.78 is 0. The van der Waals surface area contributed by atoms with E-state index in [-0.39, 0.29) is 11.7 Å². The highest BCUT2D eigenvalue weighted by Crippen LogP contribution is 2.46. The normalized spacial score (nSPS) is 19.5. The number of aliphatic carboxylic acids is 1. The molecule has 1 atom stereocenters. The highest BCUT2D eigenvalue weighted by atomic mass is 33.1. The number of carboxylic acids is 1. The van der Waals surface area contributed by atoms with Gasteiger partial charge in [-0.25, -0.2) is 0 Å². The second-order valence-corrected chi connectivity index (χ2v) is 5.75. The fourth-order valence-corrected chi connectivity index (χ4v) is 4.14. The zero-order valence-corrected chi connectivity index (χ0v) is 10.1. The van der Waals surface area contributed by atoms with Crippen molar-refractivity contribution in [3.8, 4) is 0 Å². The van der Waals surface area contributed by atoms with E-state index in [1.807, 2.05) is 18.2 Å². The Bertz CT molecular complexity index is 406. The largest absolute Gasteiger partial charge is 0.481 e. The molecule has 2 heterocycles. The Balaban J connectivity index is 2.06. The SMILES string of the molecule is O=C(O)CCC1SSC=C1c1ccccn1. The molecule has 1 aromatic rings. The number of hydrogen-bond acceptors (Lipinski definition) is 4. The molecule has 0 spiro atoms. The van der Waals surface area contributed by atoms with Crippen molar-refractivity contribution in [1.82, 2.24) is 4.98 Å². The third-order valence-electron chi connectivity index (χ3n) is 2.27. The first-order chi connectivity index (χ1) is 7.77. The molecule has 3 nitrogen and oxygen atoms in total. The molecule has 84 valence electrons. The van der Waals surface area contributed by atoms with Crippen LogP contribution in [0.1, 0.15) is 18.5 Å². The molecule has 16 heavy (non-hydrogen) atoms. The van der Waals surface area contributed by atoms with Gasteiger partial charge in [-0.3, -0.25) is 9.78 Å². The van der Waals surface area contributed by atoms with Crippen molar-refractivity contribution in [2.45, 2.75) is 18.1 Å². The average Bonchev–Trinajstić information content (AvgIpc) is 2.75. The van der Waals surface area contributed by atoms with Crippen LogP contribution < -0.4 is 0 Å². The number of aromatic nitrogens is 1. The third-order valence-corrected chi connectivity index (χ3v) is 4.78. The second-order valence-electron chi connectivity index (χ2n) is 3.40. The maximum Gasteiger partial charge on any atom is 0.303 e. The molecule has 1 aromatic heterocycles. The summed E-state index contributed by atoms with van der Waals surface area (Å²) in [6, 6.07) is 5.79. The van der Waals surface area contributed by atoms with Gasteiger partial charge in [0, 0.05) is 17.9 Å². The minimum atomic E-state index is -0.738. The van der Waals surface area contributed by atoms with E-state index < -0.39 is 5.97 Å². The van der Waals surface area contributed by atoms with E-state index in [0.717, 1.165) is 11.3 Å². The summed E-state index contributed by atoms with van der Waals surface area (Å²) in [5, 5.41) is 11.0. The van der Waals surface area contributed by atoms with Crippen LogP contribution in [0.4, 0.5) is 0 Å². The van der Waals surface area contributed by atoms with Crippen LogP contribution in [0.25, 0.3) is 5.57 Å². The van der Waals surface area contributed by atoms with Crippen LogP contribution >= 0.6 is 21.6 Å². The number of carbonyl (C=O) groups is 1. The van der Waals surface area contributed by atoms with Crippen LogP contribution in [0.2, 0.25) is 0 Å². The van der Waals surface area contributed by atoms with Gasteiger partial charge in [-0.15, -0.1) is 0 Å². The van der Waals surface area contributed by atoms with E-state index in [1.165, 1.54) is 0 Å². The number of carboxylic acid groups (broad SMARTS) is 1. The lowest BCUT2D eigenvalue weighted by Gasteiger charge is -2.11. The minimum absolute atomic E-state index is 0.211. The predicted molar refractivity (Wildman–Crippen MR) is 68.1 cm³/mol. The quantitative estimate of drug-likeness (QED) is 0.836. The summed E-state index contributed by atoms with van der Waals surface area (Å²) in [5.41, 5.74) is 2.10. The monoisotopic (exact) mass is 253 g/mol. The molecule has 1 unspecified atom stereocenters. The van der Waals surface area contributed by atoms with Gasteiger partial charge >= 0.3 is 5.97 Å². The molecule has 1 aliphatic rings. The van der Waals surface area contributed by atoms with Gasteiger partial charge in [0.25, 0.3) is 0 Å². The Morgan fingerprint density at radius 1 is 1.50 bits per heavy atom. The number of hydrogen-bond donors (Lipinski definition) is 1. The Labute approximate surface area is 102 Å². The molecule has 5 heteroatoms. The number of nitrogens with zero attached hydrogens (tertiary/aromatic N) is 1. The van der Waals surface area contributed by atoms with Gasteiger partial charge in [0.05, 0.1) is 5.69 Å². The zero-order chi connectivity index (χ0) is 11.4. The Morgan fingerprint density at radius 2 is 2.38 bits per heavy atom. The molecule has 0 radical (unpaired) electrons. The maximum atomic E-state index is 10.5. The van der Waals surface area contributed by atoms with Crippen LogP contribution in [-0.2, 0) is 4.79 Å². The molecule has 0 bridgehead atoms. The highest BCUT2D eigenvalue weighted by Gasteiger charge is 2.23. The smallest absolute Gasteiger partial charge is 0.303 e. The van der Waals surface area contributed by atoms with E-state index in [0.29, 0.717) is 6.42 Å². The average molecular weight is 253 g/mol. The second kappa shape index (κ2) is 5.41. The molecular weight excluding hydrogens is 242 g/mol. The molecule has 0 amide bonds. The van der Waals surface area contributed by atoms with Gasteiger partial charge in [-0.1, -0.05) is 27.7 Å². The topological polar surface area (TPSA) is 50.2 Å². The molecule has 2 rings (SSSR count). The van der Waals surface area contributed by atoms with E-state index in [4.69, 9.17) is 5.11 Å². The lowest BCUT2D eigenvalue weighted by Crippen LogP contribution is -2.06. The van der Waals surface area contributed by atoms with Crippen molar-refractivity contribution in [2.24, 2.45) is 0 Å². The van der Waals surface area contributed by atoms with Crippen molar-refractivity contribution in [1.29, 1.82) is 0 Å². The summed E-state index contributed by atoms with van der Waals surface area (Å²) >= 11 is 0. The van der Waals surface area contributed by atoms with Gasteiger partial charge in [0.15, 0.2) is 0 Å². The van der Waals surface area contributed by atoms with Crippen molar-refractivity contribution >= 4 is 33.1 Å². The van der Waals surface area contributed by atoms with E-state index in [1.54, 1.807) is 27.8 Å². The van der Waals surface area contributed by atoms with Crippen molar-refractivity contribution < 1.29 is 9.90 Å². The van der Waals surface area contributed by atoms with Crippen LogP contribution in [0, 0.1) is 0 Å². The first-order valence-corrected chi connectivity index (χ1v) is 7.20. The number of pyridine rings is 1. The molecule has 1 N–H and O–H groups in total. The van der Waals surface area contributed by atoms with Crippen molar-refractivity contribution in [2.75, 3.05) is 0 Å². The van der Waals surface area contributed by atoms with Gasteiger partial charge in [0.1, 0.15) is 0 Å². The first-order valence-electron chi connectivity index (χ1n) is 4.93. The highest BCUT2D eigenvalue weighted by molar-refractivity contribution is 8.78. The molecule has 0 saturated heterocycles. The molecule has 0 fully saturated rings. The summed E-state index contributed by atoms with van der Waals surface area (Å²) in [5.74, 6) is -0.738. The summed E-state index contributed by atoms with van der Waals surface area (Å²) in [6.45, 7) is 0. The summed E-state index contributed by atoms with van der Waals surface area (Å²) in [6.07, 6.45) is 2.63. The minimum Gasteiger partial charge on any atom is -0.481 e. The van der Waals surface area contributed by atoms with Crippen LogP contribution in [0.5, 0.6) is 0 Å². The first kappa shape index (κ1) is 11.5. The van der Waals surface area contributed by atoms with Gasteiger partial charge < -0.3 is 5.11 Å². The predicted octanol–water partition coefficient (Wildman–Crippen LogP) is 3.05. The zero-order valence-electron chi connectivity index (χ0n) is 8.50. The van der Waals surface area contributed by atoms with Gasteiger partial charge in [-0.05, 0) is 29.5 Å². The summed E-state index contributed by atoms with van der Waals surface area (Å²) in [4.78, 5) is 14.8. The van der Waals surface area contributed by atoms with E-state index in [9.17, 15) is 4.79 Å². The van der Waals surface area contributed by atoms with Crippen LogP contribution in [-0.4, -0.2) is 21.3 Å². The number of rotatable bonds is 4. The fraction of sp³-hybridized carbons (Fsp3) is 0.273. The molecular formula is C11H11NO2S2. The maximum absolute atomic E-state index is 10.5. The van der Waals surface area contributed by atoms with Gasteiger partial charge in [0.2, 0.25) is 0 Å². The van der Waals surface area contributed by atoms with Crippen LogP contribution in [0.3, 0.4) is 0 Å². The molecule has 1 aliphatic heterocycles. The Hall–Kier alpha value is -0.940.